The van der Waals surface area contributed by atoms with E-state index in [4.69, 9.17) is 0 Å². The van der Waals surface area contributed by atoms with Crippen LogP contribution in [0.3, 0.4) is 0 Å². The summed E-state index contributed by atoms with van der Waals surface area (Å²) < 4.78 is 0. The van der Waals surface area contributed by atoms with E-state index in [-0.39, 0.29) is 22.0 Å². The molecule has 0 amide bonds. The van der Waals surface area contributed by atoms with Crippen LogP contribution in [-0.4, -0.2) is 30.3 Å². The summed E-state index contributed by atoms with van der Waals surface area (Å²) in [7, 11) is 0. The van der Waals surface area contributed by atoms with E-state index >= 15 is 0 Å². The van der Waals surface area contributed by atoms with Gasteiger partial charge in [-0.3, -0.25) is 9.69 Å². The first-order chi connectivity index (χ1) is 16.1. The lowest BCUT2D eigenvalue weighted by molar-refractivity contribution is 0.0598. The topological polar surface area (TPSA) is 20.3 Å². The lowest BCUT2D eigenvalue weighted by atomic mass is 9.55. The summed E-state index contributed by atoms with van der Waals surface area (Å²) in [6.07, 6.45) is 2.12. The van der Waals surface area contributed by atoms with Gasteiger partial charge in [0.25, 0.3) is 0 Å². The van der Waals surface area contributed by atoms with Gasteiger partial charge in [-0.15, -0.1) is 0 Å². The zero-order chi connectivity index (χ0) is 24.4. The van der Waals surface area contributed by atoms with Gasteiger partial charge in [-0.1, -0.05) is 120 Å². The number of hydrogen-bond donors (Lipinski definition) is 0. The Labute approximate surface area is 206 Å². The molecule has 0 unspecified atom stereocenters. The van der Waals surface area contributed by atoms with Crippen molar-refractivity contribution in [1.29, 1.82) is 0 Å². The second-order valence-corrected chi connectivity index (χ2v) is 11.4. The zero-order valence-corrected chi connectivity index (χ0v) is 21.5. The molecule has 3 aromatic rings. The first-order valence-corrected chi connectivity index (χ1v) is 12.6. The predicted molar refractivity (Wildman–Crippen MR) is 143 cm³/mol. The van der Waals surface area contributed by atoms with Crippen LogP contribution in [0.2, 0.25) is 0 Å². The van der Waals surface area contributed by atoms with Crippen molar-refractivity contribution in [2.45, 2.75) is 58.3 Å². The highest BCUT2D eigenvalue weighted by Crippen LogP contribution is 2.52. The van der Waals surface area contributed by atoms with Crippen molar-refractivity contribution in [3.05, 3.63) is 107 Å². The molecule has 0 spiro atoms. The normalized spacial score (nSPS) is 16.9. The summed E-state index contributed by atoms with van der Waals surface area (Å²) in [5.74, 6) is 0.220. The zero-order valence-electron chi connectivity index (χ0n) is 21.5. The monoisotopic (exact) mass is 453 g/mol. The molecule has 2 heteroatoms. The van der Waals surface area contributed by atoms with Gasteiger partial charge in [-0.05, 0) is 53.5 Å². The summed E-state index contributed by atoms with van der Waals surface area (Å²) in [5.41, 5.74) is 4.93. The molecule has 1 aliphatic heterocycles. The van der Waals surface area contributed by atoms with Crippen molar-refractivity contribution >= 4 is 5.78 Å². The Morgan fingerprint density at radius 1 is 0.735 bits per heavy atom. The van der Waals surface area contributed by atoms with E-state index in [0.29, 0.717) is 6.54 Å². The Morgan fingerprint density at radius 3 is 1.65 bits per heavy atom. The minimum atomic E-state index is -0.0889. The fourth-order valence-corrected chi connectivity index (χ4v) is 5.56. The Hall–Kier alpha value is -2.71. The highest BCUT2D eigenvalue weighted by Gasteiger charge is 2.48. The van der Waals surface area contributed by atoms with E-state index in [1.54, 1.807) is 0 Å². The highest BCUT2D eigenvalue weighted by molar-refractivity contribution is 5.97. The van der Waals surface area contributed by atoms with Crippen LogP contribution in [0.4, 0.5) is 0 Å². The van der Waals surface area contributed by atoms with Gasteiger partial charge < -0.3 is 0 Å². The van der Waals surface area contributed by atoms with Crippen LogP contribution in [0.25, 0.3) is 0 Å². The number of benzene rings is 3. The maximum atomic E-state index is 13.0. The molecular weight excluding hydrogens is 414 g/mol. The molecule has 0 atom stereocenters. The Balaban J connectivity index is 1.49. The third-order valence-corrected chi connectivity index (χ3v) is 8.31. The molecule has 2 nitrogen and oxygen atoms in total. The fraction of sp³-hybridized carbons (Fsp3) is 0.406. The highest BCUT2D eigenvalue weighted by atomic mass is 16.1. The van der Waals surface area contributed by atoms with Crippen LogP contribution in [0.5, 0.6) is 0 Å². The molecule has 0 N–H and O–H groups in total. The van der Waals surface area contributed by atoms with Crippen LogP contribution in [0.1, 0.15) is 74.5 Å². The van der Waals surface area contributed by atoms with Gasteiger partial charge in [0.2, 0.25) is 0 Å². The average Bonchev–Trinajstić information content (AvgIpc) is 2.85. The Morgan fingerprint density at radius 2 is 1.21 bits per heavy atom. The molecule has 178 valence electrons. The molecule has 4 rings (SSSR count). The molecule has 0 saturated carbocycles. The maximum Gasteiger partial charge on any atom is 0.176 e. The van der Waals surface area contributed by atoms with Crippen molar-refractivity contribution < 1.29 is 4.79 Å². The molecule has 3 aromatic carbocycles. The standard InChI is InChI=1S/C32H39NO/c1-30(2,3)26-18-16-25(17-19-26)29(34)24-33-22-20-31(4,21-23-33)32(5,27-12-8-6-9-13-27)28-14-10-7-11-15-28/h6-19H,20-24H2,1-5H3. The van der Waals surface area contributed by atoms with Gasteiger partial charge in [0.15, 0.2) is 5.78 Å². The molecule has 0 aromatic heterocycles. The van der Waals surface area contributed by atoms with E-state index in [0.717, 1.165) is 31.5 Å². The predicted octanol–water partition coefficient (Wildman–Crippen LogP) is 7.28. The molecule has 0 aliphatic carbocycles. The quantitative estimate of drug-likeness (QED) is 0.366. The largest absolute Gasteiger partial charge is 0.296 e. The second-order valence-electron chi connectivity index (χ2n) is 11.4. The van der Waals surface area contributed by atoms with Crippen LogP contribution in [0, 0.1) is 5.41 Å². The van der Waals surface area contributed by atoms with Crippen molar-refractivity contribution in [1.82, 2.24) is 4.90 Å². The minimum absolute atomic E-state index is 0.0889. The molecule has 1 fully saturated rings. The second kappa shape index (κ2) is 9.50. The number of likely N-dealkylation sites (tertiary alicyclic amines) is 1. The molecule has 1 aliphatic rings. The van der Waals surface area contributed by atoms with E-state index in [1.165, 1.54) is 16.7 Å². The maximum absolute atomic E-state index is 13.0. The molecule has 34 heavy (non-hydrogen) atoms. The fourth-order valence-electron chi connectivity index (χ4n) is 5.56. The van der Waals surface area contributed by atoms with Crippen LogP contribution in [-0.2, 0) is 10.8 Å². The summed E-state index contributed by atoms with van der Waals surface area (Å²) >= 11 is 0. The van der Waals surface area contributed by atoms with Crippen LogP contribution in [0.15, 0.2) is 84.9 Å². The number of hydrogen-bond acceptors (Lipinski definition) is 2. The average molecular weight is 454 g/mol. The van der Waals surface area contributed by atoms with Gasteiger partial charge in [0, 0.05) is 11.0 Å². The molecule has 1 saturated heterocycles. The molecule has 0 bridgehead atoms. The van der Waals surface area contributed by atoms with Gasteiger partial charge in [-0.25, -0.2) is 0 Å². The van der Waals surface area contributed by atoms with Gasteiger partial charge in [-0.2, -0.15) is 0 Å². The van der Waals surface area contributed by atoms with Crippen molar-refractivity contribution in [3.63, 3.8) is 0 Å². The summed E-state index contributed by atoms with van der Waals surface area (Å²) in [5, 5.41) is 0. The van der Waals surface area contributed by atoms with Crippen molar-refractivity contribution in [3.8, 4) is 0 Å². The smallest absolute Gasteiger partial charge is 0.176 e. The van der Waals surface area contributed by atoms with E-state index in [2.05, 4.69) is 112 Å². The summed E-state index contributed by atoms with van der Waals surface area (Å²) in [4.78, 5) is 15.4. The molecule has 0 radical (unpaired) electrons. The van der Waals surface area contributed by atoms with Crippen molar-refractivity contribution in [2.75, 3.05) is 19.6 Å². The number of carbonyl (C=O) groups excluding carboxylic acids is 1. The van der Waals surface area contributed by atoms with Crippen LogP contribution < -0.4 is 0 Å². The van der Waals surface area contributed by atoms with E-state index in [9.17, 15) is 4.79 Å². The summed E-state index contributed by atoms with van der Waals surface area (Å²) in [6, 6.07) is 30.1. The number of Topliss-reactive ketones (excluding diaryl/α,β-unsaturated/α-hetero) is 1. The number of piperidine rings is 1. The summed E-state index contributed by atoms with van der Waals surface area (Å²) in [6.45, 7) is 13.8. The Bertz CT molecular complexity index is 1050. The SMILES string of the molecule is CC(C)(C)c1ccc(C(=O)CN2CCC(C)(C(C)(c3ccccc3)c3ccccc3)CC2)cc1. The molecule has 1 heterocycles. The van der Waals surface area contributed by atoms with Gasteiger partial charge in [0.05, 0.1) is 6.54 Å². The third-order valence-electron chi connectivity index (χ3n) is 8.31. The first kappa shape index (κ1) is 24.4. The van der Waals surface area contributed by atoms with E-state index in [1.807, 2.05) is 12.1 Å². The van der Waals surface area contributed by atoms with Gasteiger partial charge >= 0.3 is 0 Å². The number of carbonyl (C=O) groups is 1. The number of nitrogens with zero attached hydrogens (tertiary/aromatic N) is 1. The van der Waals surface area contributed by atoms with Gasteiger partial charge in [0.1, 0.15) is 0 Å². The van der Waals surface area contributed by atoms with Crippen LogP contribution >= 0.6 is 0 Å². The minimum Gasteiger partial charge on any atom is -0.296 e. The molecular formula is C32H39NO. The van der Waals surface area contributed by atoms with E-state index < -0.39 is 0 Å². The number of rotatable bonds is 6. The Kier molecular flexibility index (Phi) is 6.82. The lowest BCUT2D eigenvalue weighted by Gasteiger charge is -2.52. The first-order valence-electron chi connectivity index (χ1n) is 12.6. The number of ketones is 1. The lowest BCUT2D eigenvalue weighted by Crippen LogP contribution is -2.50. The third kappa shape index (κ3) is 4.74. The van der Waals surface area contributed by atoms with Crippen molar-refractivity contribution in [2.24, 2.45) is 5.41 Å².